The zero-order chi connectivity index (χ0) is 24.5. The number of Topliss-reactive ketones (excluding diaryl/α,β-unsaturated/α-hetero) is 1. The Morgan fingerprint density at radius 1 is 0.879 bits per heavy atom. The van der Waals surface area contributed by atoms with E-state index in [1.54, 1.807) is 0 Å². The second kappa shape index (κ2) is 11.1. The molecule has 2 aromatic carbocycles. The summed E-state index contributed by atoms with van der Waals surface area (Å²) in [7, 11) is 1.42. The van der Waals surface area contributed by atoms with Crippen molar-refractivity contribution < 1.29 is 44.1 Å². The molecule has 0 saturated carbocycles. The predicted molar refractivity (Wildman–Crippen MR) is 113 cm³/mol. The number of hydrogen-bond acceptors (Lipinski definition) is 8. The Balaban J connectivity index is 2.15. The van der Waals surface area contributed by atoms with Gasteiger partial charge in [0.2, 0.25) is 0 Å². The summed E-state index contributed by atoms with van der Waals surface area (Å²) in [4.78, 5) is 48.0. The summed E-state index contributed by atoms with van der Waals surface area (Å²) in [5.74, 6) is -3.77. The van der Waals surface area contributed by atoms with Gasteiger partial charge < -0.3 is 35.5 Å². The molecule has 0 aromatic heterocycles. The normalized spacial score (nSPS) is 10.9. The molecule has 0 radical (unpaired) electrons. The van der Waals surface area contributed by atoms with Gasteiger partial charge in [-0.3, -0.25) is 9.59 Å². The second-order valence-electron chi connectivity index (χ2n) is 6.67. The molecule has 12 nitrogen and oxygen atoms in total. The molecule has 33 heavy (non-hydrogen) atoms. The van der Waals surface area contributed by atoms with Gasteiger partial charge in [0.1, 0.15) is 0 Å². The van der Waals surface area contributed by atoms with Gasteiger partial charge in [0.25, 0.3) is 5.91 Å². The van der Waals surface area contributed by atoms with Crippen LogP contribution in [0.3, 0.4) is 0 Å². The summed E-state index contributed by atoms with van der Waals surface area (Å²) in [6.07, 6.45) is 0. The molecule has 0 saturated heterocycles. The summed E-state index contributed by atoms with van der Waals surface area (Å²) < 4.78 is 10.1. The van der Waals surface area contributed by atoms with Gasteiger partial charge in [-0.2, -0.15) is 0 Å². The van der Waals surface area contributed by atoms with Crippen LogP contribution in [-0.2, 0) is 9.59 Å². The number of ketones is 1. The Morgan fingerprint density at radius 3 is 1.94 bits per heavy atom. The number of aliphatic carboxylic acids is 2. The number of oxime groups is 1. The van der Waals surface area contributed by atoms with Gasteiger partial charge in [0.05, 0.1) is 6.54 Å². The fourth-order valence-electron chi connectivity index (χ4n) is 2.63. The first-order valence-electron chi connectivity index (χ1n) is 9.32. The molecular formula is C21H21N3O9. The van der Waals surface area contributed by atoms with E-state index in [1.165, 1.54) is 54.4 Å². The predicted octanol–water partition coefficient (Wildman–Crippen LogP) is 0.663. The molecule has 0 aliphatic heterocycles. The van der Waals surface area contributed by atoms with Crippen molar-refractivity contribution in [1.29, 1.82) is 0 Å². The van der Waals surface area contributed by atoms with Crippen LogP contribution in [0.1, 0.15) is 26.3 Å². The standard InChI is InChI=1S/C21H21N3O9/c1-24(21(30)13-4-2-12(3-5-13)20(22)23-31)9-15(25)14-6-7-16(32-10-18(26)27)17(8-14)33-11-19(28)29/h2-8,31H,9-11H2,1H3,(H2,22,23)(H,26,27)(H,28,29). The fourth-order valence-corrected chi connectivity index (χ4v) is 2.63. The Kier molecular flexibility index (Phi) is 8.32. The number of carbonyl (C=O) groups excluding carboxylic acids is 2. The number of likely N-dealkylation sites (N-methyl/N-ethyl adjacent to an activating group) is 1. The molecule has 1 amide bonds. The van der Waals surface area contributed by atoms with Crippen molar-refractivity contribution in [1.82, 2.24) is 4.90 Å². The lowest BCUT2D eigenvalue weighted by molar-refractivity contribution is -0.140. The van der Waals surface area contributed by atoms with Crippen molar-refractivity contribution in [2.75, 3.05) is 26.8 Å². The lowest BCUT2D eigenvalue weighted by Crippen LogP contribution is -2.32. The first-order valence-corrected chi connectivity index (χ1v) is 9.32. The number of nitrogens with two attached hydrogens (primary N) is 1. The van der Waals surface area contributed by atoms with Gasteiger partial charge in [-0.1, -0.05) is 17.3 Å². The zero-order valence-corrected chi connectivity index (χ0v) is 17.4. The molecule has 2 rings (SSSR count). The molecule has 0 fully saturated rings. The highest BCUT2D eigenvalue weighted by Gasteiger charge is 2.19. The quantitative estimate of drug-likeness (QED) is 0.122. The van der Waals surface area contributed by atoms with E-state index in [-0.39, 0.29) is 35.0 Å². The van der Waals surface area contributed by atoms with E-state index in [1.807, 2.05) is 0 Å². The van der Waals surface area contributed by atoms with Gasteiger partial charge in [0.15, 0.2) is 36.3 Å². The van der Waals surface area contributed by atoms with Gasteiger partial charge in [-0.15, -0.1) is 0 Å². The molecule has 0 bridgehead atoms. The molecule has 2 aromatic rings. The highest BCUT2D eigenvalue weighted by atomic mass is 16.5. The van der Waals surface area contributed by atoms with E-state index in [0.29, 0.717) is 5.56 Å². The second-order valence-corrected chi connectivity index (χ2v) is 6.67. The monoisotopic (exact) mass is 459 g/mol. The summed E-state index contributed by atoms with van der Waals surface area (Å²) >= 11 is 0. The van der Waals surface area contributed by atoms with E-state index < -0.39 is 36.8 Å². The maximum Gasteiger partial charge on any atom is 0.341 e. The third-order valence-corrected chi connectivity index (χ3v) is 4.23. The average Bonchev–Trinajstić information content (AvgIpc) is 2.80. The Hall–Kier alpha value is -4.61. The lowest BCUT2D eigenvalue weighted by Gasteiger charge is -2.17. The number of ether oxygens (including phenoxy) is 2. The van der Waals surface area contributed by atoms with Crippen molar-refractivity contribution in [2.24, 2.45) is 10.9 Å². The van der Waals surface area contributed by atoms with E-state index in [2.05, 4.69) is 5.16 Å². The molecular weight excluding hydrogens is 438 g/mol. The summed E-state index contributed by atoms with van der Waals surface area (Å²) in [6.45, 7) is -1.74. The van der Waals surface area contributed by atoms with Crippen LogP contribution in [-0.4, -0.2) is 76.6 Å². The van der Waals surface area contributed by atoms with E-state index >= 15 is 0 Å². The van der Waals surface area contributed by atoms with Crippen molar-refractivity contribution in [3.63, 3.8) is 0 Å². The van der Waals surface area contributed by atoms with Crippen molar-refractivity contribution >= 4 is 29.5 Å². The van der Waals surface area contributed by atoms with Gasteiger partial charge in [0, 0.05) is 23.7 Å². The van der Waals surface area contributed by atoms with Crippen molar-refractivity contribution in [3.8, 4) is 11.5 Å². The molecule has 174 valence electrons. The molecule has 0 aliphatic rings. The Morgan fingerprint density at radius 2 is 1.39 bits per heavy atom. The summed E-state index contributed by atoms with van der Waals surface area (Å²) in [5.41, 5.74) is 6.26. The zero-order valence-electron chi connectivity index (χ0n) is 17.4. The third kappa shape index (κ3) is 6.95. The molecule has 0 aliphatic carbocycles. The smallest absolute Gasteiger partial charge is 0.341 e. The fraction of sp³-hybridized carbons (Fsp3) is 0.190. The Bertz CT molecular complexity index is 1080. The number of benzene rings is 2. The van der Waals surface area contributed by atoms with E-state index in [9.17, 15) is 19.2 Å². The molecule has 0 atom stereocenters. The number of nitrogens with zero attached hydrogens (tertiary/aromatic N) is 2. The van der Waals surface area contributed by atoms with Crippen molar-refractivity contribution in [2.45, 2.75) is 0 Å². The van der Waals surface area contributed by atoms with Crippen LogP contribution in [0.5, 0.6) is 11.5 Å². The number of amides is 1. The summed E-state index contributed by atoms with van der Waals surface area (Å²) in [6, 6.07) is 9.73. The van der Waals surface area contributed by atoms with Crippen LogP contribution in [0.2, 0.25) is 0 Å². The van der Waals surface area contributed by atoms with E-state index in [4.69, 9.17) is 30.6 Å². The topological polar surface area (TPSA) is 189 Å². The van der Waals surface area contributed by atoms with Crippen LogP contribution in [0.25, 0.3) is 0 Å². The largest absolute Gasteiger partial charge is 0.479 e. The van der Waals surface area contributed by atoms with E-state index in [0.717, 1.165) is 0 Å². The molecule has 0 heterocycles. The number of hydrogen-bond donors (Lipinski definition) is 4. The maximum atomic E-state index is 12.7. The first kappa shape index (κ1) is 24.7. The highest BCUT2D eigenvalue weighted by molar-refractivity contribution is 6.03. The molecule has 5 N–H and O–H groups in total. The minimum absolute atomic E-state index is 0.0505. The van der Waals surface area contributed by atoms with Crippen molar-refractivity contribution in [3.05, 3.63) is 59.2 Å². The van der Waals surface area contributed by atoms with Gasteiger partial charge >= 0.3 is 11.9 Å². The van der Waals surface area contributed by atoms with Crippen LogP contribution in [0.15, 0.2) is 47.6 Å². The van der Waals surface area contributed by atoms with Crippen LogP contribution in [0, 0.1) is 0 Å². The third-order valence-electron chi connectivity index (χ3n) is 4.23. The highest BCUT2D eigenvalue weighted by Crippen LogP contribution is 2.29. The lowest BCUT2D eigenvalue weighted by atomic mass is 10.1. The minimum atomic E-state index is -1.28. The van der Waals surface area contributed by atoms with Gasteiger partial charge in [-0.05, 0) is 30.3 Å². The SMILES string of the molecule is CN(CC(=O)c1ccc(OCC(=O)O)c(OCC(=O)O)c1)C(=O)c1ccc(C(N)=NO)cc1. The average molecular weight is 459 g/mol. The molecule has 12 heteroatoms. The number of rotatable bonds is 11. The Labute approximate surface area is 187 Å². The van der Waals surface area contributed by atoms with Crippen LogP contribution >= 0.6 is 0 Å². The van der Waals surface area contributed by atoms with Crippen LogP contribution in [0.4, 0.5) is 0 Å². The molecule has 0 spiro atoms. The molecule has 0 unspecified atom stereocenters. The number of amidine groups is 1. The number of carboxylic acids is 2. The minimum Gasteiger partial charge on any atom is -0.479 e. The maximum absolute atomic E-state index is 12.7. The first-order chi connectivity index (χ1) is 15.6. The van der Waals surface area contributed by atoms with Crippen LogP contribution < -0.4 is 15.2 Å². The number of carboxylic acid groups (broad SMARTS) is 2. The summed E-state index contributed by atoms with van der Waals surface area (Å²) in [5, 5.41) is 29.1. The number of carbonyl (C=O) groups is 4. The van der Waals surface area contributed by atoms with Gasteiger partial charge in [-0.25, -0.2) is 9.59 Å².